The SMILES string of the molecule is CN1CCC(n2ncc3[nH]c(-c4cccc(-n5cccn5)c4)nc32)CC1. The maximum absolute atomic E-state index is 4.86. The summed E-state index contributed by atoms with van der Waals surface area (Å²) in [6.07, 6.45) is 7.84. The molecule has 7 heteroatoms. The van der Waals surface area contributed by atoms with Crippen LogP contribution in [-0.2, 0) is 0 Å². The van der Waals surface area contributed by atoms with Crippen LogP contribution < -0.4 is 0 Å². The number of H-pyrrole nitrogens is 1. The normalized spacial score (nSPS) is 16.5. The average molecular weight is 347 g/mol. The van der Waals surface area contributed by atoms with E-state index in [1.165, 1.54) is 0 Å². The zero-order valence-corrected chi connectivity index (χ0v) is 14.7. The molecule has 1 N–H and O–H groups in total. The van der Waals surface area contributed by atoms with E-state index in [9.17, 15) is 0 Å². The quantitative estimate of drug-likeness (QED) is 0.619. The molecule has 1 aliphatic rings. The number of aromatic nitrogens is 6. The second kappa shape index (κ2) is 6.10. The van der Waals surface area contributed by atoms with Crippen molar-refractivity contribution in [1.82, 2.24) is 34.4 Å². The van der Waals surface area contributed by atoms with Gasteiger partial charge in [-0.15, -0.1) is 0 Å². The van der Waals surface area contributed by atoms with Gasteiger partial charge in [-0.2, -0.15) is 10.2 Å². The van der Waals surface area contributed by atoms with Crippen LogP contribution in [0.15, 0.2) is 48.9 Å². The van der Waals surface area contributed by atoms with Crippen molar-refractivity contribution in [3.05, 3.63) is 48.9 Å². The number of piperidine rings is 1. The first-order valence-corrected chi connectivity index (χ1v) is 9.00. The molecule has 0 bridgehead atoms. The van der Waals surface area contributed by atoms with Gasteiger partial charge in [-0.25, -0.2) is 14.3 Å². The van der Waals surface area contributed by atoms with Crippen LogP contribution >= 0.6 is 0 Å². The van der Waals surface area contributed by atoms with E-state index in [2.05, 4.69) is 43.9 Å². The van der Waals surface area contributed by atoms with Gasteiger partial charge in [-0.05, 0) is 51.2 Å². The highest BCUT2D eigenvalue weighted by atomic mass is 15.3. The van der Waals surface area contributed by atoms with Crippen LogP contribution in [0.4, 0.5) is 0 Å². The monoisotopic (exact) mass is 347 g/mol. The summed E-state index contributed by atoms with van der Waals surface area (Å²) >= 11 is 0. The number of likely N-dealkylation sites (tertiary alicyclic amines) is 1. The highest BCUT2D eigenvalue weighted by Gasteiger charge is 2.22. The van der Waals surface area contributed by atoms with E-state index in [0.29, 0.717) is 6.04 Å². The van der Waals surface area contributed by atoms with Gasteiger partial charge in [0.25, 0.3) is 0 Å². The van der Waals surface area contributed by atoms with Crippen molar-refractivity contribution in [1.29, 1.82) is 0 Å². The van der Waals surface area contributed by atoms with Gasteiger partial charge >= 0.3 is 0 Å². The van der Waals surface area contributed by atoms with Crippen molar-refractivity contribution in [3.8, 4) is 17.1 Å². The first-order valence-electron chi connectivity index (χ1n) is 9.00. The minimum absolute atomic E-state index is 0.426. The summed E-state index contributed by atoms with van der Waals surface area (Å²) in [4.78, 5) is 10.6. The third-order valence-corrected chi connectivity index (χ3v) is 5.16. The van der Waals surface area contributed by atoms with Crippen molar-refractivity contribution >= 4 is 11.2 Å². The lowest BCUT2D eigenvalue weighted by Gasteiger charge is -2.28. The Labute approximate surface area is 151 Å². The zero-order chi connectivity index (χ0) is 17.5. The fourth-order valence-electron chi connectivity index (χ4n) is 3.68. The van der Waals surface area contributed by atoms with Crippen LogP contribution in [-0.4, -0.2) is 54.6 Å². The van der Waals surface area contributed by atoms with E-state index < -0.39 is 0 Å². The number of fused-ring (bicyclic) bond motifs is 1. The molecule has 1 saturated heterocycles. The Morgan fingerprint density at radius 1 is 1.12 bits per heavy atom. The van der Waals surface area contributed by atoms with Crippen molar-refractivity contribution < 1.29 is 0 Å². The molecule has 0 unspecified atom stereocenters. The second-order valence-corrected chi connectivity index (χ2v) is 6.95. The Hall–Kier alpha value is -2.93. The van der Waals surface area contributed by atoms with Gasteiger partial charge in [-0.3, -0.25) is 0 Å². The molecule has 0 aliphatic carbocycles. The Morgan fingerprint density at radius 2 is 2.00 bits per heavy atom. The lowest BCUT2D eigenvalue weighted by molar-refractivity contribution is 0.215. The lowest BCUT2D eigenvalue weighted by atomic mass is 10.1. The molecule has 3 aromatic heterocycles. The number of hydrogen-bond donors (Lipinski definition) is 1. The molecule has 0 spiro atoms. The maximum atomic E-state index is 4.86. The van der Waals surface area contributed by atoms with Gasteiger partial charge in [-0.1, -0.05) is 12.1 Å². The van der Waals surface area contributed by atoms with E-state index in [1.807, 2.05) is 35.3 Å². The first kappa shape index (κ1) is 15.3. The van der Waals surface area contributed by atoms with Gasteiger partial charge in [0, 0.05) is 18.0 Å². The smallest absolute Gasteiger partial charge is 0.177 e. The van der Waals surface area contributed by atoms with Gasteiger partial charge < -0.3 is 9.88 Å². The van der Waals surface area contributed by atoms with Gasteiger partial charge in [0.2, 0.25) is 0 Å². The number of benzene rings is 1. The van der Waals surface area contributed by atoms with E-state index in [4.69, 9.17) is 4.98 Å². The summed E-state index contributed by atoms with van der Waals surface area (Å²) in [5.74, 6) is 0.869. The molecule has 7 nitrogen and oxygen atoms in total. The predicted molar refractivity (Wildman–Crippen MR) is 100 cm³/mol. The zero-order valence-electron chi connectivity index (χ0n) is 14.7. The Morgan fingerprint density at radius 3 is 2.81 bits per heavy atom. The molecule has 0 radical (unpaired) electrons. The number of nitrogens with one attached hydrogen (secondary N) is 1. The fourth-order valence-corrected chi connectivity index (χ4v) is 3.68. The topological polar surface area (TPSA) is 67.6 Å². The van der Waals surface area contributed by atoms with Crippen LogP contribution in [0.5, 0.6) is 0 Å². The number of imidazole rings is 1. The maximum Gasteiger partial charge on any atom is 0.177 e. The summed E-state index contributed by atoms with van der Waals surface area (Å²) in [5, 5.41) is 8.89. The molecule has 1 aromatic carbocycles. The van der Waals surface area contributed by atoms with Gasteiger partial charge in [0.15, 0.2) is 5.65 Å². The fraction of sp³-hybridized carbons (Fsp3) is 0.316. The highest BCUT2D eigenvalue weighted by Crippen LogP contribution is 2.27. The molecule has 1 fully saturated rings. The van der Waals surface area contributed by atoms with Crippen LogP contribution in [0.1, 0.15) is 18.9 Å². The minimum Gasteiger partial charge on any atom is -0.335 e. The average Bonchev–Trinajstić information content (AvgIpc) is 3.40. The predicted octanol–water partition coefficient (Wildman–Crippen LogP) is 2.88. The van der Waals surface area contributed by atoms with Crippen LogP contribution in [0.25, 0.3) is 28.2 Å². The Kier molecular flexibility index (Phi) is 3.60. The summed E-state index contributed by atoms with van der Waals surface area (Å²) in [6.45, 7) is 2.21. The van der Waals surface area contributed by atoms with Crippen LogP contribution in [0, 0.1) is 0 Å². The summed E-state index contributed by atoms with van der Waals surface area (Å²) in [5.41, 5.74) is 4.00. The molecule has 0 atom stereocenters. The summed E-state index contributed by atoms with van der Waals surface area (Å²) < 4.78 is 3.95. The van der Waals surface area contributed by atoms with Crippen molar-refractivity contribution in [3.63, 3.8) is 0 Å². The van der Waals surface area contributed by atoms with Crippen molar-refractivity contribution in [2.75, 3.05) is 20.1 Å². The van der Waals surface area contributed by atoms with E-state index >= 15 is 0 Å². The van der Waals surface area contributed by atoms with Crippen LogP contribution in [0.2, 0.25) is 0 Å². The molecule has 4 heterocycles. The van der Waals surface area contributed by atoms with Gasteiger partial charge in [0.05, 0.1) is 17.9 Å². The number of rotatable bonds is 3. The third kappa shape index (κ3) is 2.61. The molecule has 132 valence electrons. The molecule has 1 aliphatic heterocycles. The first-order chi connectivity index (χ1) is 12.8. The Bertz CT molecular complexity index is 1020. The molecule has 0 saturated carbocycles. The third-order valence-electron chi connectivity index (χ3n) is 5.16. The second-order valence-electron chi connectivity index (χ2n) is 6.95. The van der Waals surface area contributed by atoms with Crippen molar-refractivity contribution in [2.24, 2.45) is 0 Å². The number of hydrogen-bond acceptors (Lipinski definition) is 4. The van der Waals surface area contributed by atoms with E-state index in [0.717, 1.165) is 54.2 Å². The standard InChI is InChI=1S/C19H21N7/c1-24-10-6-15(7-11-24)26-19-17(13-21-26)22-18(23-19)14-4-2-5-16(12-14)25-9-3-8-20-25/h2-5,8-9,12-13,15H,6-7,10-11H2,1H3,(H,22,23). The van der Waals surface area contributed by atoms with Gasteiger partial charge in [0.1, 0.15) is 11.3 Å². The largest absolute Gasteiger partial charge is 0.335 e. The molecule has 5 rings (SSSR count). The number of nitrogens with zero attached hydrogens (tertiary/aromatic N) is 6. The molecule has 26 heavy (non-hydrogen) atoms. The molecular weight excluding hydrogens is 326 g/mol. The van der Waals surface area contributed by atoms with E-state index in [-0.39, 0.29) is 0 Å². The molecule has 0 amide bonds. The highest BCUT2D eigenvalue weighted by molar-refractivity contribution is 5.76. The van der Waals surface area contributed by atoms with E-state index in [1.54, 1.807) is 6.20 Å². The summed E-state index contributed by atoms with van der Waals surface area (Å²) in [7, 11) is 2.17. The lowest BCUT2D eigenvalue weighted by Crippen LogP contribution is -2.31. The Balaban J connectivity index is 1.50. The molecular formula is C19H21N7. The van der Waals surface area contributed by atoms with Crippen LogP contribution in [0.3, 0.4) is 0 Å². The van der Waals surface area contributed by atoms with Crippen molar-refractivity contribution in [2.45, 2.75) is 18.9 Å². The summed E-state index contributed by atoms with van der Waals surface area (Å²) in [6, 6.07) is 10.6. The number of aromatic amines is 1. The minimum atomic E-state index is 0.426. The molecule has 4 aromatic rings.